The first-order chi connectivity index (χ1) is 18.6. The van der Waals surface area contributed by atoms with Crippen LogP contribution in [0.3, 0.4) is 0 Å². The van der Waals surface area contributed by atoms with Crippen LogP contribution in [0.2, 0.25) is 5.02 Å². The highest BCUT2D eigenvalue weighted by molar-refractivity contribution is 6.32. The number of ether oxygens (including phenoxy) is 5. The Balaban J connectivity index is 1.34. The van der Waals surface area contributed by atoms with Crippen LogP contribution in [0.1, 0.15) is 22.3 Å². The monoisotopic (exact) mass is 533 g/mol. The summed E-state index contributed by atoms with van der Waals surface area (Å²) in [7, 11) is 1.56. The molecular formula is C30H28ClNO6. The van der Waals surface area contributed by atoms with Crippen molar-refractivity contribution in [1.29, 1.82) is 0 Å². The Hall–Kier alpha value is -3.94. The minimum atomic E-state index is -0.217. The molecule has 3 aromatic carbocycles. The molecule has 1 aliphatic heterocycles. The fourth-order valence-corrected chi connectivity index (χ4v) is 4.52. The second-order valence-corrected chi connectivity index (χ2v) is 9.19. The van der Waals surface area contributed by atoms with Crippen molar-refractivity contribution >= 4 is 11.6 Å². The summed E-state index contributed by atoms with van der Waals surface area (Å²) >= 11 is 6.50. The molecule has 4 aromatic rings. The molecule has 8 heteroatoms. The Kier molecular flexibility index (Phi) is 7.86. The van der Waals surface area contributed by atoms with Crippen molar-refractivity contribution in [3.63, 3.8) is 0 Å². The zero-order valence-electron chi connectivity index (χ0n) is 21.2. The summed E-state index contributed by atoms with van der Waals surface area (Å²) in [6.45, 7) is 3.53. The van der Waals surface area contributed by atoms with Crippen molar-refractivity contribution in [1.82, 2.24) is 4.98 Å². The second-order valence-electron chi connectivity index (χ2n) is 8.78. The number of aliphatic hydroxyl groups is 1. The first kappa shape index (κ1) is 25.7. The Morgan fingerprint density at radius 2 is 1.71 bits per heavy atom. The molecule has 196 valence electrons. The molecule has 0 fully saturated rings. The maximum Gasteiger partial charge on any atom is 0.213 e. The average molecular weight is 534 g/mol. The van der Waals surface area contributed by atoms with E-state index < -0.39 is 0 Å². The Bertz CT molecular complexity index is 1440. The molecule has 2 heterocycles. The van der Waals surface area contributed by atoms with Crippen LogP contribution in [0.25, 0.3) is 11.1 Å². The molecule has 38 heavy (non-hydrogen) atoms. The summed E-state index contributed by atoms with van der Waals surface area (Å²) < 4.78 is 28.7. The van der Waals surface area contributed by atoms with Crippen LogP contribution in [0.4, 0.5) is 0 Å². The van der Waals surface area contributed by atoms with Crippen LogP contribution < -0.4 is 23.7 Å². The summed E-state index contributed by atoms with van der Waals surface area (Å²) in [5, 5.41) is 10.2. The van der Waals surface area contributed by atoms with Crippen molar-refractivity contribution in [2.45, 2.75) is 26.7 Å². The molecule has 0 atom stereocenters. The molecule has 0 spiro atoms. The second kappa shape index (κ2) is 11.6. The van der Waals surface area contributed by atoms with Crippen LogP contribution in [0, 0.1) is 6.92 Å². The van der Waals surface area contributed by atoms with Gasteiger partial charge in [0.25, 0.3) is 0 Å². The third-order valence-corrected chi connectivity index (χ3v) is 6.67. The zero-order valence-corrected chi connectivity index (χ0v) is 22.0. The zero-order chi connectivity index (χ0) is 26.5. The van der Waals surface area contributed by atoms with Crippen molar-refractivity contribution in [2.24, 2.45) is 0 Å². The molecule has 1 N–H and O–H groups in total. The summed E-state index contributed by atoms with van der Waals surface area (Å²) in [5.41, 5.74) is 5.69. The van der Waals surface area contributed by atoms with Gasteiger partial charge in [0.05, 0.1) is 18.7 Å². The van der Waals surface area contributed by atoms with Crippen LogP contribution in [-0.2, 0) is 19.8 Å². The lowest BCUT2D eigenvalue weighted by atomic mass is 9.96. The van der Waals surface area contributed by atoms with E-state index in [1.807, 2.05) is 36.4 Å². The summed E-state index contributed by atoms with van der Waals surface area (Å²) in [6.07, 6.45) is 1.66. The minimum Gasteiger partial charge on any atom is -0.488 e. The highest BCUT2D eigenvalue weighted by atomic mass is 35.5. The maximum atomic E-state index is 9.84. The van der Waals surface area contributed by atoms with Gasteiger partial charge in [-0.3, -0.25) is 0 Å². The first-order valence-corrected chi connectivity index (χ1v) is 12.6. The predicted molar refractivity (Wildman–Crippen MR) is 144 cm³/mol. The van der Waals surface area contributed by atoms with E-state index in [2.05, 4.69) is 18.0 Å². The smallest absolute Gasteiger partial charge is 0.213 e. The van der Waals surface area contributed by atoms with Crippen molar-refractivity contribution in [2.75, 3.05) is 20.3 Å². The molecular weight excluding hydrogens is 506 g/mol. The number of fused-ring (bicyclic) bond motifs is 1. The van der Waals surface area contributed by atoms with E-state index in [1.165, 1.54) is 0 Å². The lowest BCUT2D eigenvalue weighted by Gasteiger charge is -2.20. The Labute approximate surface area is 226 Å². The molecule has 1 aromatic heterocycles. The quantitative estimate of drug-likeness (QED) is 0.277. The third kappa shape index (κ3) is 5.64. The largest absolute Gasteiger partial charge is 0.488 e. The molecule has 0 amide bonds. The number of rotatable bonds is 9. The number of halogens is 1. The fraction of sp³-hybridized carbons (Fsp3) is 0.233. The number of nitrogens with zero attached hydrogens (tertiary/aromatic N) is 1. The van der Waals surface area contributed by atoms with Crippen molar-refractivity contribution in [3.8, 4) is 40.0 Å². The minimum absolute atomic E-state index is 0.217. The first-order valence-electron chi connectivity index (χ1n) is 12.2. The number of benzene rings is 3. The number of hydrogen-bond acceptors (Lipinski definition) is 7. The van der Waals surface area contributed by atoms with Crippen molar-refractivity contribution in [3.05, 3.63) is 94.1 Å². The topological polar surface area (TPSA) is 79.3 Å². The van der Waals surface area contributed by atoms with Gasteiger partial charge in [-0.15, -0.1) is 0 Å². The molecule has 0 aliphatic carbocycles. The Morgan fingerprint density at radius 3 is 2.53 bits per heavy atom. The van der Waals surface area contributed by atoms with E-state index in [0.717, 1.165) is 39.3 Å². The predicted octanol–water partition coefficient (Wildman–Crippen LogP) is 6.14. The van der Waals surface area contributed by atoms with Gasteiger partial charge in [0.15, 0.2) is 11.5 Å². The van der Waals surface area contributed by atoms with Gasteiger partial charge in [0.2, 0.25) is 5.88 Å². The number of hydrogen-bond donors (Lipinski definition) is 1. The van der Waals surface area contributed by atoms with Crippen LogP contribution in [0.15, 0.2) is 66.9 Å². The molecule has 0 saturated heterocycles. The van der Waals surface area contributed by atoms with E-state index in [9.17, 15) is 5.11 Å². The molecule has 0 saturated carbocycles. The van der Waals surface area contributed by atoms with Gasteiger partial charge < -0.3 is 28.8 Å². The number of aromatic nitrogens is 1. The van der Waals surface area contributed by atoms with Gasteiger partial charge in [-0.1, -0.05) is 35.9 Å². The van der Waals surface area contributed by atoms with Crippen LogP contribution in [-0.4, -0.2) is 30.4 Å². The van der Waals surface area contributed by atoms with Gasteiger partial charge in [0, 0.05) is 23.9 Å². The molecule has 0 unspecified atom stereocenters. The summed E-state index contributed by atoms with van der Waals surface area (Å²) in [6, 6.07) is 19.1. The molecule has 5 rings (SSSR count). The van der Waals surface area contributed by atoms with E-state index >= 15 is 0 Å². The van der Waals surface area contributed by atoms with E-state index in [-0.39, 0.29) is 13.2 Å². The molecule has 0 bridgehead atoms. The van der Waals surface area contributed by atoms with Crippen LogP contribution >= 0.6 is 11.6 Å². The number of methoxy groups -OCH3 is 1. The SMILES string of the molecule is COc1cc(COc2cc(OCc3cccc(-c4ccc5c(c4)OCCO5)c3C)c(Cl)cc2CO)ccn1. The van der Waals surface area contributed by atoms with Gasteiger partial charge in [-0.05, 0) is 59.0 Å². The highest BCUT2D eigenvalue weighted by Gasteiger charge is 2.16. The fourth-order valence-electron chi connectivity index (χ4n) is 4.28. The molecule has 1 aliphatic rings. The normalized spacial score (nSPS) is 12.2. The van der Waals surface area contributed by atoms with Crippen molar-refractivity contribution < 1.29 is 28.8 Å². The molecule has 7 nitrogen and oxygen atoms in total. The Morgan fingerprint density at radius 1 is 0.895 bits per heavy atom. The average Bonchev–Trinajstić information content (AvgIpc) is 2.96. The van der Waals surface area contributed by atoms with Crippen LogP contribution in [0.5, 0.6) is 28.9 Å². The maximum absolute atomic E-state index is 9.84. The van der Waals surface area contributed by atoms with E-state index in [1.54, 1.807) is 31.5 Å². The van der Waals surface area contributed by atoms with Gasteiger partial charge >= 0.3 is 0 Å². The van der Waals surface area contributed by atoms with Gasteiger partial charge in [-0.25, -0.2) is 4.98 Å². The molecule has 0 radical (unpaired) electrons. The lowest BCUT2D eigenvalue weighted by Crippen LogP contribution is -2.15. The lowest BCUT2D eigenvalue weighted by molar-refractivity contribution is 0.171. The number of pyridine rings is 1. The third-order valence-electron chi connectivity index (χ3n) is 6.37. The highest BCUT2D eigenvalue weighted by Crippen LogP contribution is 2.37. The van der Waals surface area contributed by atoms with Gasteiger partial charge in [0.1, 0.15) is 37.9 Å². The van der Waals surface area contributed by atoms with Gasteiger partial charge in [-0.2, -0.15) is 0 Å². The number of aliphatic hydroxyl groups excluding tert-OH is 1. The standard InChI is InChI=1S/C30H28ClNO6/c1-19-22(4-3-5-24(19)21-6-7-26-29(14-21)36-11-10-35-26)18-38-28-15-27(23(16-33)13-25(28)31)37-17-20-8-9-32-30(12-20)34-2/h3-9,12-15,33H,10-11,16-18H2,1-2H3. The summed E-state index contributed by atoms with van der Waals surface area (Å²) in [4.78, 5) is 4.11. The van der Waals surface area contributed by atoms with E-state index in [0.29, 0.717) is 47.8 Å². The van der Waals surface area contributed by atoms with E-state index in [4.69, 9.17) is 35.3 Å². The summed E-state index contributed by atoms with van der Waals surface area (Å²) in [5.74, 6) is 2.98.